The van der Waals surface area contributed by atoms with Crippen molar-refractivity contribution in [1.29, 1.82) is 0 Å². The number of hydrogen-bond donors (Lipinski definition) is 1. The van der Waals surface area contributed by atoms with Gasteiger partial charge >= 0.3 is 0 Å². The third-order valence-corrected chi connectivity index (χ3v) is 4.66. The Morgan fingerprint density at radius 3 is 2.91 bits per heavy atom. The van der Waals surface area contributed by atoms with Gasteiger partial charge in [-0.3, -0.25) is 4.79 Å². The summed E-state index contributed by atoms with van der Waals surface area (Å²) >= 11 is 1.48. The molecule has 1 aliphatic heterocycles. The first-order chi connectivity index (χ1) is 10.6. The fourth-order valence-electron chi connectivity index (χ4n) is 2.68. The van der Waals surface area contributed by atoms with Crippen molar-refractivity contribution in [2.24, 2.45) is 5.73 Å². The van der Waals surface area contributed by atoms with Crippen molar-refractivity contribution >= 4 is 28.8 Å². The van der Waals surface area contributed by atoms with Crippen LogP contribution in [-0.4, -0.2) is 41.2 Å². The Balaban J connectivity index is 1.64. The number of hydrogen-bond acceptors (Lipinski definition) is 5. The lowest BCUT2D eigenvalue weighted by atomic mass is 10.2. The van der Waals surface area contributed by atoms with E-state index in [0.29, 0.717) is 10.7 Å². The normalized spacial score (nSPS) is 15.7. The quantitative estimate of drug-likeness (QED) is 0.653. The van der Waals surface area contributed by atoms with Crippen LogP contribution in [-0.2, 0) is 0 Å². The van der Waals surface area contributed by atoms with Crippen molar-refractivity contribution in [3.8, 4) is 0 Å². The second-order valence-corrected chi connectivity index (χ2v) is 6.44. The van der Waals surface area contributed by atoms with Gasteiger partial charge in [0.15, 0.2) is 5.58 Å². The zero-order chi connectivity index (χ0) is 15.5. The molecule has 5 nitrogen and oxygen atoms in total. The van der Waals surface area contributed by atoms with E-state index in [4.69, 9.17) is 10.2 Å². The van der Waals surface area contributed by atoms with Gasteiger partial charge in [-0.25, -0.2) is 9.37 Å². The van der Waals surface area contributed by atoms with Gasteiger partial charge in [0, 0.05) is 11.8 Å². The van der Waals surface area contributed by atoms with Gasteiger partial charge in [0.1, 0.15) is 11.3 Å². The molecule has 0 bridgehead atoms. The van der Waals surface area contributed by atoms with Crippen LogP contribution in [0, 0.1) is 5.82 Å². The van der Waals surface area contributed by atoms with Gasteiger partial charge in [-0.05, 0) is 45.0 Å². The van der Waals surface area contributed by atoms with Gasteiger partial charge in [0.05, 0.1) is 5.56 Å². The van der Waals surface area contributed by atoms with Crippen LogP contribution >= 0.6 is 11.8 Å². The van der Waals surface area contributed by atoms with E-state index in [2.05, 4.69) is 9.88 Å². The highest BCUT2D eigenvalue weighted by molar-refractivity contribution is 7.99. The van der Waals surface area contributed by atoms with Crippen LogP contribution in [0.3, 0.4) is 0 Å². The number of carbonyl (C=O) groups excluding carboxylic acids is 1. The number of carbonyl (C=O) groups is 1. The first kappa shape index (κ1) is 15.3. The van der Waals surface area contributed by atoms with E-state index in [1.54, 1.807) is 0 Å². The van der Waals surface area contributed by atoms with Gasteiger partial charge in [0.2, 0.25) is 0 Å². The maximum absolute atomic E-state index is 13.4. The Bertz CT molecular complexity index is 683. The monoisotopic (exact) mass is 323 g/mol. The van der Waals surface area contributed by atoms with Crippen LogP contribution in [0.1, 0.15) is 29.6 Å². The Labute approximate surface area is 132 Å². The molecule has 0 atom stereocenters. The lowest BCUT2D eigenvalue weighted by Crippen LogP contribution is -2.20. The average Bonchev–Trinajstić information content (AvgIpc) is 3.11. The number of nitrogens with zero attached hydrogens (tertiary/aromatic N) is 2. The number of benzene rings is 1. The summed E-state index contributed by atoms with van der Waals surface area (Å²) in [5.41, 5.74) is 5.87. The van der Waals surface area contributed by atoms with Gasteiger partial charge in [-0.15, -0.1) is 0 Å². The van der Waals surface area contributed by atoms with Gasteiger partial charge < -0.3 is 15.1 Å². The molecule has 1 aliphatic rings. The van der Waals surface area contributed by atoms with Crippen molar-refractivity contribution in [3.63, 3.8) is 0 Å². The van der Waals surface area contributed by atoms with E-state index in [1.165, 1.54) is 43.8 Å². The summed E-state index contributed by atoms with van der Waals surface area (Å²) in [6.07, 6.45) is 3.62. The summed E-state index contributed by atoms with van der Waals surface area (Å²) < 4.78 is 19.0. The fraction of sp³-hybridized carbons (Fsp3) is 0.467. The predicted octanol–water partition coefficient (Wildman–Crippen LogP) is 2.64. The molecule has 1 saturated heterocycles. The smallest absolute Gasteiger partial charge is 0.256 e. The summed E-state index contributed by atoms with van der Waals surface area (Å²) in [5.74, 6) is -0.385. The van der Waals surface area contributed by atoms with E-state index in [0.717, 1.165) is 24.8 Å². The van der Waals surface area contributed by atoms with Crippen molar-refractivity contribution in [2.75, 3.05) is 25.4 Å². The highest BCUT2D eigenvalue weighted by Gasteiger charge is 2.16. The molecule has 2 N–H and O–H groups in total. The van der Waals surface area contributed by atoms with Crippen molar-refractivity contribution < 1.29 is 13.6 Å². The largest absolute Gasteiger partial charge is 0.430 e. The van der Waals surface area contributed by atoms with Crippen LogP contribution in [0.2, 0.25) is 0 Å². The molecule has 2 heterocycles. The minimum Gasteiger partial charge on any atom is -0.430 e. The highest BCUT2D eigenvalue weighted by atomic mass is 32.2. The first-order valence-corrected chi connectivity index (χ1v) is 8.37. The Morgan fingerprint density at radius 2 is 2.18 bits per heavy atom. The summed E-state index contributed by atoms with van der Waals surface area (Å²) in [6, 6.07) is 2.33. The maximum Gasteiger partial charge on any atom is 0.256 e. The van der Waals surface area contributed by atoms with Crippen LogP contribution in [0.15, 0.2) is 21.8 Å². The number of thioether (sulfide) groups is 1. The van der Waals surface area contributed by atoms with Crippen LogP contribution in [0.4, 0.5) is 4.39 Å². The number of aromatic nitrogens is 1. The Hall–Kier alpha value is -1.60. The van der Waals surface area contributed by atoms with Crippen molar-refractivity contribution in [1.82, 2.24) is 9.88 Å². The fourth-order valence-corrected chi connectivity index (χ4v) is 3.43. The molecule has 1 aromatic carbocycles. The number of likely N-dealkylation sites (tertiary alicyclic amines) is 1. The molecule has 0 radical (unpaired) electrons. The van der Waals surface area contributed by atoms with E-state index < -0.39 is 11.7 Å². The van der Waals surface area contributed by atoms with E-state index in [9.17, 15) is 9.18 Å². The first-order valence-electron chi connectivity index (χ1n) is 7.38. The third kappa shape index (κ3) is 3.41. The number of rotatable bonds is 6. The number of primary amides is 1. The maximum atomic E-state index is 13.4. The molecular weight excluding hydrogens is 305 g/mol. The van der Waals surface area contributed by atoms with Crippen molar-refractivity contribution in [2.45, 2.75) is 24.5 Å². The number of amides is 1. The van der Waals surface area contributed by atoms with Crippen LogP contribution in [0.25, 0.3) is 11.1 Å². The van der Waals surface area contributed by atoms with Gasteiger partial charge in [0.25, 0.3) is 11.1 Å². The molecule has 1 fully saturated rings. The lowest BCUT2D eigenvalue weighted by molar-refractivity contribution is 0.100. The third-order valence-electron chi connectivity index (χ3n) is 3.74. The summed E-state index contributed by atoms with van der Waals surface area (Å²) in [4.78, 5) is 18.0. The lowest BCUT2D eigenvalue weighted by Gasteiger charge is -2.13. The number of nitrogens with two attached hydrogens (primary N) is 1. The molecule has 3 rings (SSSR count). The predicted molar refractivity (Wildman–Crippen MR) is 83.5 cm³/mol. The molecule has 118 valence electrons. The summed E-state index contributed by atoms with van der Waals surface area (Å²) in [6.45, 7) is 3.46. The minimum atomic E-state index is -0.716. The molecule has 22 heavy (non-hydrogen) atoms. The standard InChI is InChI=1S/C15H18FN3O2S/c16-10-8-11(14(17)20)13-12(9-10)18-15(21-13)22-7-3-6-19-4-1-2-5-19/h8-9H,1-7H2,(H2,17,20). The molecule has 7 heteroatoms. The molecule has 1 amide bonds. The van der Waals surface area contributed by atoms with Crippen LogP contribution < -0.4 is 5.73 Å². The molecule has 1 aromatic heterocycles. The van der Waals surface area contributed by atoms with Gasteiger partial charge in [-0.1, -0.05) is 11.8 Å². The minimum absolute atomic E-state index is 0.0337. The number of oxazole rings is 1. The van der Waals surface area contributed by atoms with Crippen LogP contribution in [0.5, 0.6) is 0 Å². The second kappa shape index (κ2) is 6.66. The van der Waals surface area contributed by atoms with Crippen molar-refractivity contribution in [3.05, 3.63) is 23.5 Å². The zero-order valence-electron chi connectivity index (χ0n) is 12.2. The Morgan fingerprint density at radius 1 is 1.41 bits per heavy atom. The molecule has 0 saturated carbocycles. The topological polar surface area (TPSA) is 72.4 Å². The molecule has 0 unspecified atom stereocenters. The second-order valence-electron chi connectivity index (χ2n) is 5.40. The number of halogens is 1. The zero-order valence-corrected chi connectivity index (χ0v) is 13.0. The molecule has 0 aliphatic carbocycles. The molecule has 2 aromatic rings. The van der Waals surface area contributed by atoms with Gasteiger partial charge in [-0.2, -0.15) is 0 Å². The van der Waals surface area contributed by atoms with E-state index in [-0.39, 0.29) is 11.1 Å². The Kier molecular flexibility index (Phi) is 4.63. The van der Waals surface area contributed by atoms with E-state index in [1.807, 2.05) is 0 Å². The highest BCUT2D eigenvalue weighted by Crippen LogP contribution is 2.27. The molecule has 0 spiro atoms. The number of fused-ring (bicyclic) bond motifs is 1. The SMILES string of the molecule is NC(=O)c1cc(F)cc2nc(SCCCN3CCCC3)oc12. The summed E-state index contributed by atoms with van der Waals surface area (Å²) in [7, 11) is 0. The molecular formula is C15H18FN3O2S. The summed E-state index contributed by atoms with van der Waals surface area (Å²) in [5, 5.41) is 0.449. The average molecular weight is 323 g/mol. The van der Waals surface area contributed by atoms with E-state index >= 15 is 0 Å².